The number of nitro groups is 1. The van der Waals surface area contributed by atoms with Crippen molar-refractivity contribution >= 4 is 17.6 Å². The number of aliphatic hydroxyl groups is 1. The van der Waals surface area contributed by atoms with Crippen molar-refractivity contribution in [2.45, 2.75) is 48.8 Å². The first-order valence-corrected chi connectivity index (χ1v) is 12.8. The number of nitrogens with zero attached hydrogens (tertiary/aromatic N) is 1. The van der Waals surface area contributed by atoms with E-state index in [2.05, 4.69) is 13.6 Å². The highest BCUT2D eigenvalue weighted by atomic mass is 16.7. The molecule has 10 nitrogen and oxygen atoms in total. The lowest BCUT2D eigenvalue weighted by Crippen LogP contribution is -3.11. The quantitative estimate of drug-likeness (QED) is 0.195. The zero-order chi connectivity index (χ0) is 26.6. The molecule has 0 saturated heterocycles. The second kappa shape index (κ2) is 7.42. The highest BCUT2D eigenvalue weighted by Crippen LogP contribution is 2.81. The molecular formula is C28H27N2O8+. The van der Waals surface area contributed by atoms with Gasteiger partial charge in [-0.05, 0) is 49.1 Å². The molecule has 3 unspecified atom stereocenters. The molecule has 2 aromatic carbocycles. The number of ether oxygens (including phenoxy) is 3. The molecule has 0 amide bonds. The lowest BCUT2D eigenvalue weighted by molar-refractivity contribution is -0.891. The summed E-state index contributed by atoms with van der Waals surface area (Å²) < 4.78 is 17.0. The van der Waals surface area contributed by atoms with Gasteiger partial charge in [-0.1, -0.05) is 12.6 Å². The fraction of sp³-hybridized carbons (Fsp3) is 0.429. The summed E-state index contributed by atoms with van der Waals surface area (Å²) in [7, 11) is 2.14. The number of benzene rings is 2. The van der Waals surface area contributed by atoms with Crippen LogP contribution in [0.1, 0.15) is 30.4 Å². The SMILES string of the molecule is C=CC[NH+](C)[C@@H]1[C@@H]2C13Cc1ccc(OC(=O)Oc4ccc([N+](=O)[O-])cc4)c4c1[C@@]1(C3)[C@@H](O4)C(=O)CCC21O. The Balaban J connectivity index is 1.24. The Morgan fingerprint density at radius 2 is 2.05 bits per heavy atom. The summed E-state index contributed by atoms with van der Waals surface area (Å²) in [5.41, 5.74) is -0.380. The number of fused-ring (bicyclic) bond motifs is 1. The van der Waals surface area contributed by atoms with E-state index in [1.165, 1.54) is 29.2 Å². The summed E-state index contributed by atoms with van der Waals surface area (Å²) in [6.07, 6.45) is 2.10. The maximum Gasteiger partial charge on any atom is 0.519 e. The third-order valence-corrected chi connectivity index (χ3v) is 9.70. The van der Waals surface area contributed by atoms with Crippen molar-refractivity contribution in [2.24, 2.45) is 11.3 Å². The molecule has 4 aliphatic carbocycles. The van der Waals surface area contributed by atoms with Crippen LogP contribution in [0.4, 0.5) is 10.5 Å². The Labute approximate surface area is 217 Å². The van der Waals surface area contributed by atoms with Crippen LogP contribution in [0.25, 0.3) is 0 Å². The van der Waals surface area contributed by atoms with Crippen molar-refractivity contribution in [3.05, 3.63) is 70.3 Å². The second-order valence-electron chi connectivity index (χ2n) is 11.4. The molecule has 7 atom stereocenters. The lowest BCUT2D eigenvalue weighted by Gasteiger charge is -2.50. The van der Waals surface area contributed by atoms with Gasteiger partial charge in [0.2, 0.25) is 0 Å². The molecule has 1 heterocycles. The fourth-order valence-corrected chi connectivity index (χ4v) is 8.60. The zero-order valence-corrected chi connectivity index (χ0v) is 20.8. The van der Waals surface area contributed by atoms with Gasteiger partial charge in [-0.25, -0.2) is 4.79 Å². The Bertz CT molecular complexity index is 1440. The van der Waals surface area contributed by atoms with Crippen LogP contribution in [0.15, 0.2) is 49.1 Å². The van der Waals surface area contributed by atoms with E-state index in [4.69, 9.17) is 14.2 Å². The molecule has 2 spiro atoms. The molecular weight excluding hydrogens is 492 g/mol. The first kappa shape index (κ1) is 23.4. The minimum Gasteiger partial charge on any atom is -0.477 e. The summed E-state index contributed by atoms with van der Waals surface area (Å²) in [6, 6.07) is 8.89. The van der Waals surface area contributed by atoms with Gasteiger partial charge in [-0.15, -0.1) is 0 Å². The van der Waals surface area contributed by atoms with E-state index >= 15 is 0 Å². The molecule has 3 fully saturated rings. The summed E-state index contributed by atoms with van der Waals surface area (Å²) in [4.78, 5) is 37.5. The van der Waals surface area contributed by atoms with Gasteiger partial charge in [0, 0.05) is 29.5 Å². The molecule has 2 aromatic rings. The number of nitro benzene ring substituents is 1. The van der Waals surface area contributed by atoms with Crippen LogP contribution in [0.2, 0.25) is 0 Å². The number of quaternary nitrogens is 1. The normalized spacial score (nSPS) is 35.4. The van der Waals surface area contributed by atoms with Crippen LogP contribution >= 0.6 is 0 Å². The lowest BCUT2D eigenvalue weighted by atomic mass is 9.55. The van der Waals surface area contributed by atoms with Crippen molar-refractivity contribution in [3.8, 4) is 17.2 Å². The number of carbonyl (C=O) groups excluding carboxylic acids is 2. The van der Waals surface area contributed by atoms with Gasteiger partial charge in [0.25, 0.3) is 5.69 Å². The second-order valence-corrected chi connectivity index (χ2v) is 11.4. The van der Waals surface area contributed by atoms with Gasteiger partial charge in [-0.2, -0.15) is 0 Å². The van der Waals surface area contributed by atoms with Gasteiger partial charge in [0.05, 0.1) is 35.4 Å². The average molecular weight is 520 g/mol. The maximum atomic E-state index is 13.2. The Morgan fingerprint density at radius 1 is 1.29 bits per heavy atom. The molecule has 196 valence electrons. The zero-order valence-electron chi connectivity index (χ0n) is 20.8. The topological polar surface area (TPSA) is 130 Å². The van der Waals surface area contributed by atoms with Gasteiger partial charge in [0.1, 0.15) is 11.8 Å². The van der Waals surface area contributed by atoms with Crippen molar-refractivity contribution in [3.63, 3.8) is 0 Å². The van der Waals surface area contributed by atoms with E-state index in [1.807, 2.05) is 12.1 Å². The molecule has 1 aliphatic heterocycles. The molecule has 2 bridgehead atoms. The van der Waals surface area contributed by atoms with E-state index in [9.17, 15) is 24.8 Å². The molecule has 10 heteroatoms. The molecule has 5 aliphatic rings. The molecule has 3 saturated carbocycles. The number of non-ortho nitro benzene ring substituents is 1. The maximum absolute atomic E-state index is 13.2. The smallest absolute Gasteiger partial charge is 0.477 e. The number of ketones is 1. The number of hydrogen-bond acceptors (Lipinski definition) is 8. The summed E-state index contributed by atoms with van der Waals surface area (Å²) in [5.74, 6) is 0.531. The fourth-order valence-electron chi connectivity index (χ4n) is 8.60. The molecule has 7 rings (SSSR count). The monoisotopic (exact) mass is 519 g/mol. The molecule has 2 N–H and O–H groups in total. The predicted molar refractivity (Wildman–Crippen MR) is 131 cm³/mol. The molecule has 38 heavy (non-hydrogen) atoms. The minimum absolute atomic E-state index is 0.0436. The van der Waals surface area contributed by atoms with Crippen LogP contribution in [0.5, 0.6) is 17.2 Å². The van der Waals surface area contributed by atoms with Crippen LogP contribution < -0.4 is 19.1 Å². The first-order chi connectivity index (χ1) is 18.2. The van der Waals surface area contributed by atoms with Crippen molar-refractivity contribution in [1.82, 2.24) is 0 Å². The van der Waals surface area contributed by atoms with Crippen molar-refractivity contribution in [1.29, 1.82) is 0 Å². The number of rotatable bonds is 6. The number of likely N-dealkylation sites (N-methyl/N-ethyl adjacent to an activating group) is 1. The standard InChI is InChI=1S/C28H26N2O8/c1-3-12-29(2)23-22-26(23)13-15-4-9-19(37-25(32)36-17-7-5-16(6-8-17)30(34)35)21-20(15)27(14-26)24(38-21)18(31)10-11-28(22,27)33/h3-9,22-24,33H,1,10-14H2,2H3/p+1/t22-,23-,24+,26?,27+,28?/m1/s1. The van der Waals surface area contributed by atoms with E-state index in [1.54, 1.807) is 6.07 Å². The number of nitrogens with one attached hydrogen (secondary N) is 1. The summed E-state index contributed by atoms with van der Waals surface area (Å²) in [6.45, 7) is 4.69. The number of Topliss-reactive ketones (excluding diaryl/α,β-unsaturated/α-hetero) is 1. The van der Waals surface area contributed by atoms with Crippen molar-refractivity contribution in [2.75, 3.05) is 13.6 Å². The minimum atomic E-state index is -1.09. The van der Waals surface area contributed by atoms with Crippen LogP contribution in [0, 0.1) is 21.4 Å². The van der Waals surface area contributed by atoms with Gasteiger partial charge in [0.15, 0.2) is 23.4 Å². The first-order valence-electron chi connectivity index (χ1n) is 12.8. The van der Waals surface area contributed by atoms with Crippen molar-refractivity contribution < 1.29 is 38.7 Å². The number of hydrogen-bond donors (Lipinski definition) is 2. The van der Waals surface area contributed by atoms with E-state index in [0.717, 1.165) is 24.1 Å². The third kappa shape index (κ3) is 2.69. The molecule has 0 radical (unpaired) electrons. The van der Waals surface area contributed by atoms with Gasteiger partial charge >= 0.3 is 6.16 Å². The van der Waals surface area contributed by atoms with E-state index in [-0.39, 0.29) is 46.8 Å². The largest absolute Gasteiger partial charge is 0.519 e. The summed E-state index contributed by atoms with van der Waals surface area (Å²) in [5, 5.41) is 23.3. The highest BCUT2D eigenvalue weighted by Gasteiger charge is 2.91. The van der Waals surface area contributed by atoms with E-state index < -0.39 is 28.2 Å². The van der Waals surface area contributed by atoms with Gasteiger partial charge in [-0.3, -0.25) is 14.9 Å². The Morgan fingerprint density at radius 3 is 2.76 bits per heavy atom. The Kier molecular flexibility index (Phi) is 4.56. The average Bonchev–Trinajstić information content (AvgIpc) is 3.28. The van der Waals surface area contributed by atoms with Crippen LogP contribution in [0.3, 0.4) is 0 Å². The third-order valence-electron chi connectivity index (χ3n) is 9.70. The molecule has 0 aromatic heterocycles. The summed E-state index contributed by atoms with van der Waals surface area (Å²) >= 11 is 0. The number of carbonyl (C=O) groups is 2. The van der Waals surface area contributed by atoms with Gasteiger partial charge < -0.3 is 24.2 Å². The van der Waals surface area contributed by atoms with Crippen LogP contribution in [-0.2, 0) is 16.6 Å². The predicted octanol–water partition coefficient (Wildman–Crippen LogP) is 1.91. The highest BCUT2D eigenvalue weighted by molar-refractivity contribution is 5.90. The van der Waals surface area contributed by atoms with E-state index in [0.29, 0.717) is 18.6 Å². The Hall–Kier alpha value is -3.76. The van der Waals surface area contributed by atoms with Crippen LogP contribution in [-0.4, -0.2) is 53.3 Å².